The molecule has 2 N–H and O–H groups in total. The lowest BCUT2D eigenvalue weighted by Crippen LogP contribution is -2.09. The van der Waals surface area contributed by atoms with Gasteiger partial charge in [0.05, 0.1) is 0 Å². The Morgan fingerprint density at radius 3 is 2.12 bits per heavy atom. The molecule has 0 spiro atoms. The number of hydrogen-bond donors (Lipinski definition) is 2. The van der Waals surface area contributed by atoms with E-state index in [0.29, 0.717) is 13.0 Å². The average molecular weight is 448 g/mol. The van der Waals surface area contributed by atoms with Gasteiger partial charge in [-0.3, -0.25) is 4.79 Å². The number of benzene rings is 2. The van der Waals surface area contributed by atoms with E-state index in [1.165, 1.54) is 5.56 Å². The second-order valence-corrected chi connectivity index (χ2v) is 8.08. The highest BCUT2D eigenvalue weighted by Gasteiger charge is 2.00. The molecular weight excluding hydrogens is 410 g/mol. The Labute approximate surface area is 199 Å². The number of amides is 1. The van der Waals surface area contributed by atoms with Gasteiger partial charge in [0.2, 0.25) is 6.41 Å². The Bertz CT molecular complexity index is 949. The van der Waals surface area contributed by atoms with Gasteiger partial charge in [0.15, 0.2) is 0 Å². The van der Waals surface area contributed by atoms with Crippen molar-refractivity contribution in [1.29, 1.82) is 0 Å². The standard InChI is InChI=1S/C16H16O2.C9H11NO.C4H10/c1-4-6-14(5-2)15-10-12(3)9-13(11-15)7-8-16(17)18;1-8-2-4-9(5-3-8)6-10-7-11;1-4(2)3/h4-11H,1-2H2,3H3,(H,17,18);2-5,7H,6H2,1H3,(H,10,11);4H,1-3H3/b8-7+,14-6+;;. The van der Waals surface area contributed by atoms with Gasteiger partial charge >= 0.3 is 5.97 Å². The molecule has 0 atom stereocenters. The van der Waals surface area contributed by atoms with Crippen molar-refractivity contribution < 1.29 is 14.7 Å². The highest BCUT2D eigenvalue weighted by atomic mass is 16.4. The lowest BCUT2D eigenvalue weighted by atomic mass is 9.99. The number of rotatable bonds is 8. The maximum absolute atomic E-state index is 10.5. The van der Waals surface area contributed by atoms with E-state index in [0.717, 1.165) is 39.8 Å². The summed E-state index contributed by atoms with van der Waals surface area (Å²) >= 11 is 0. The van der Waals surface area contributed by atoms with Crippen molar-refractivity contribution in [1.82, 2.24) is 5.32 Å². The molecule has 4 nitrogen and oxygen atoms in total. The van der Waals surface area contributed by atoms with Crippen LogP contribution >= 0.6 is 0 Å². The molecule has 0 radical (unpaired) electrons. The number of carboxylic acids is 1. The Balaban J connectivity index is 0.000000577. The summed E-state index contributed by atoms with van der Waals surface area (Å²) in [6.45, 7) is 18.5. The molecule has 0 saturated heterocycles. The number of aryl methyl sites for hydroxylation is 2. The first-order valence-corrected chi connectivity index (χ1v) is 10.8. The summed E-state index contributed by atoms with van der Waals surface area (Å²) in [6, 6.07) is 13.9. The van der Waals surface area contributed by atoms with Gasteiger partial charge in [-0.2, -0.15) is 0 Å². The second-order valence-electron chi connectivity index (χ2n) is 8.08. The molecule has 0 saturated carbocycles. The van der Waals surface area contributed by atoms with Gasteiger partial charge in [0.1, 0.15) is 0 Å². The molecule has 0 aliphatic heterocycles. The molecule has 0 aliphatic carbocycles. The van der Waals surface area contributed by atoms with Gasteiger partial charge in [-0.1, -0.05) is 94.1 Å². The predicted molar refractivity (Wildman–Crippen MR) is 141 cm³/mol. The van der Waals surface area contributed by atoms with E-state index < -0.39 is 5.97 Å². The number of carbonyl (C=O) groups is 2. The van der Waals surface area contributed by atoms with Crippen LogP contribution in [-0.2, 0) is 16.1 Å². The lowest BCUT2D eigenvalue weighted by molar-refractivity contribution is -0.131. The first-order valence-electron chi connectivity index (χ1n) is 10.8. The molecule has 2 aromatic rings. The quantitative estimate of drug-likeness (QED) is 0.267. The molecule has 176 valence electrons. The van der Waals surface area contributed by atoms with Crippen LogP contribution in [0.25, 0.3) is 11.6 Å². The van der Waals surface area contributed by atoms with Crippen molar-refractivity contribution >= 4 is 24.0 Å². The molecule has 2 aromatic carbocycles. The summed E-state index contributed by atoms with van der Waals surface area (Å²) < 4.78 is 0. The monoisotopic (exact) mass is 447 g/mol. The summed E-state index contributed by atoms with van der Waals surface area (Å²) in [5.41, 5.74) is 6.23. The summed E-state index contributed by atoms with van der Waals surface area (Å²) in [4.78, 5) is 20.4. The van der Waals surface area contributed by atoms with Crippen LogP contribution in [0.15, 0.2) is 79.9 Å². The van der Waals surface area contributed by atoms with E-state index in [1.54, 1.807) is 18.2 Å². The number of aliphatic carboxylic acids is 1. The predicted octanol–water partition coefficient (Wildman–Crippen LogP) is 6.75. The van der Waals surface area contributed by atoms with Gasteiger partial charge in [-0.05, 0) is 59.7 Å². The zero-order valence-electron chi connectivity index (χ0n) is 20.5. The summed E-state index contributed by atoms with van der Waals surface area (Å²) in [7, 11) is 0. The minimum absolute atomic E-state index is 0.615. The Morgan fingerprint density at radius 2 is 1.64 bits per heavy atom. The smallest absolute Gasteiger partial charge is 0.328 e. The fourth-order valence-corrected chi connectivity index (χ4v) is 2.52. The number of nitrogens with one attached hydrogen (secondary N) is 1. The highest BCUT2D eigenvalue weighted by molar-refractivity contribution is 5.86. The normalized spacial score (nSPS) is 10.4. The number of allylic oxidation sites excluding steroid dienone is 4. The lowest BCUT2D eigenvalue weighted by Gasteiger charge is -2.05. The van der Waals surface area contributed by atoms with Crippen molar-refractivity contribution in [3.05, 3.63) is 108 Å². The number of carbonyl (C=O) groups excluding carboxylic acids is 1. The van der Waals surface area contributed by atoms with Crippen molar-refractivity contribution in [2.75, 3.05) is 0 Å². The van der Waals surface area contributed by atoms with Crippen LogP contribution < -0.4 is 5.32 Å². The van der Waals surface area contributed by atoms with E-state index in [2.05, 4.69) is 39.2 Å². The molecule has 0 fully saturated rings. The zero-order chi connectivity index (χ0) is 25.2. The molecule has 2 rings (SSSR count). The van der Waals surface area contributed by atoms with Gasteiger partial charge in [0, 0.05) is 12.6 Å². The largest absolute Gasteiger partial charge is 0.478 e. The third-order valence-corrected chi connectivity index (χ3v) is 3.88. The van der Waals surface area contributed by atoms with Crippen molar-refractivity contribution in [2.24, 2.45) is 5.92 Å². The fraction of sp³-hybridized carbons (Fsp3) is 0.241. The van der Waals surface area contributed by atoms with E-state index in [9.17, 15) is 9.59 Å². The molecule has 0 unspecified atom stereocenters. The summed E-state index contributed by atoms with van der Waals surface area (Å²) in [5, 5.41) is 11.2. The summed E-state index contributed by atoms with van der Waals surface area (Å²) in [5.74, 6) is -0.122. The zero-order valence-corrected chi connectivity index (χ0v) is 20.5. The van der Waals surface area contributed by atoms with Gasteiger partial charge in [-0.25, -0.2) is 4.79 Å². The number of carboxylic acid groups (broad SMARTS) is 1. The van der Waals surface area contributed by atoms with Crippen molar-refractivity contribution in [2.45, 2.75) is 41.2 Å². The topological polar surface area (TPSA) is 66.4 Å². The second kappa shape index (κ2) is 17.0. The molecule has 33 heavy (non-hydrogen) atoms. The fourth-order valence-electron chi connectivity index (χ4n) is 2.52. The molecule has 0 bridgehead atoms. The molecule has 4 heteroatoms. The van der Waals surface area contributed by atoms with E-state index in [-0.39, 0.29) is 0 Å². The Kier molecular flexibility index (Phi) is 15.1. The molecule has 1 amide bonds. The minimum Gasteiger partial charge on any atom is -0.478 e. The highest BCUT2D eigenvalue weighted by Crippen LogP contribution is 2.20. The Morgan fingerprint density at radius 1 is 1.03 bits per heavy atom. The first kappa shape index (κ1) is 29.3. The first-order chi connectivity index (χ1) is 15.6. The maximum Gasteiger partial charge on any atom is 0.328 e. The molecule has 0 aliphatic rings. The van der Waals surface area contributed by atoms with Gasteiger partial charge in [-0.15, -0.1) is 0 Å². The van der Waals surface area contributed by atoms with Gasteiger partial charge < -0.3 is 10.4 Å². The molecular formula is C29H37NO3. The van der Waals surface area contributed by atoms with Crippen LogP contribution in [0.3, 0.4) is 0 Å². The van der Waals surface area contributed by atoms with Crippen LogP contribution in [0.1, 0.15) is 48.6 Å². The van der Waals surface area contributed by atoms with Crippen molar-refractivity contribution in [3.63, 3.8) is 0 Å². The maximum atomic E-state index is 10.5. The minimum atomic E-state index is -0.955. The third-order valence-electron chi connectivity index (χ3n) is 3.88. The van der Waals surface area contributed by atoms with Gasteiger partial charge in [0.25, 0.3) is 0 Å². The average Bonchev–Trinajstić information content (AvgIpc) is 2.75. The number of hydrogen-bond acceptors (Lipinski definition) is 2. The molecule has 0 aromatic heterocycles. The van der Waals surface area contributed by atoms with Crippen LogP contribution in [0.5, 0.6) is 0 Å². The van der Waals surface area contributed by atoms with Crippen molar-refractivity contribution in [3.8, 4) is 0 Å². The Hall–Kier alpha value is -3.66. The summed E-state index contributed by atoms with van der Waals surface area (Å²) in [6.07, 6.45) is 8.73. The van der Waals surface area contributed by atoms with Crippen LogP contribution in [0, 0.1) is 19.8 Å². The van der Waals surface area contributed by atoms with Crippen LogP contribution in [-0.4, -0.2) is 17.5 Å². The SMILES string of the molecule is C=C/C=C(\C=C)c1cc(C)cc(/C=C/C(=O)O)c1.CC(C)C.Cc1ccc(CNC=O)cc1. The molecule has 0 heterocycles. The van der Waals surface area contributed by atoms with Crippen LogP contribution in [0.4, 0.5) is 0 Å². The van der Waals surface area contributed by atoms with Crippen LogP contribution in [0.2, 0.25) is 0 Å². The van der Waals surface area contributed by atoms with E-state index >= 15 is 0 Å². The third kappa shape index (κ3) is 14.9. The van der Waals surface area contributed by atoms with E-state index in [4.69, 9.17) is 5.11 Å². The van der Waals surface area contributed by atoms with E-state index in [1.807, 2.05) is 62.4 Å².